The van der Waals surface area contributed by atoms with Crippen LogP contribution < -0.4 is 14.8 Å². The summed E-state index contributed by atoms with van der Waals surface area (Å²) in [5.74, 6) is 0.514. The Balaban J connectivity index is 1.43. The van der Waals surface area contributed by atoms with E-state index in [0.29, 0.717) is 55.5 Å². The number of piperazine rings is 1. The molecule has 1 aromatic carbocycles. The Hall–Kier alpha value is -2.69. The average molecular weight is 447 g/mol. The number of ketones is 1. The Bertz CT molecular complexity index is 877. The third-order valence-corrected chi connectivity index (χ3v) is 6.05. The van der Waals surface area contributed by atoms with Crippen LogP contribution in [0.4, 0.5) is 5.69 Å². The summed E-state index contributed by atoms with van der Waals surface area (Å²) >= 11 is 0. The van der Waals surface area contributed by atoms with Gasteiger partial charge in [-0.2, -0.15) is 0 Å². The first kappa shape index (κ1) is 22.5. The van der Waals surface area contributed by atoms with Gasteiger partial charge < -0.3 is 29.2 Å². The topological polar surface area (TPSA) is 107 Å². The van der Waals surface area contributed by atoms with E-state index in [-0.39, 0.29) is 37.1 Å². The molecule has 0 aliphatic carbocycles. The SMILES string of the molecule is COCC(C(=O)Nc1cc2c(cc1C(C)=O)OCO2)N1CCN(C(=O)[C@H]2CCCO2)CC1. The number of carbonyl (C=O) groups is 3. The molecule has 1 aromatic rings. The highest BCUT2D eigenvalue weighted by Crippen LogP contribution is 2.37. The lowest BCUT2D eigenvalue weighted by atomic mass is 10.1. The van der Waals surface area contributed by atoms with E-state index < -0.39 is 6.04 Å². The van der Waals surface area contributed by atoms with Crippen molar-refractivity contribution in [2.75, 3.05) is 58.6 Å². The minimum atomic E-state index is -0.565. The zero-order chi connectivity index (χ0) is 22.7. The number of hydrogen-bond donors (Lipinski definition) is 1. The second-order valence-corrected chi connectivity index (χ2v) is 8.13. The molecule has 0 saturated carbocycles. The number of ether oxygens (including phenoxy) is 4. The van der Waals surface area contributed by atoms with Crippen molar-refractivity contribution in [2.45, 2.75) is 31.9 Å². The van der Waals surface area contributed by atoms with Crippen LogP contribution in [0.15, 0.2) is 12.1 Å². The van der Waals surface area contributed by atoms with Gasteiger partial charge in [0.2, 0.25) is 12.7 Å². The predicted molar refractivity (Wildman–Crippen MR) is 114 cm³/mol. The van der Waals surface area contributed by atoms with Gasteiger partial charge in [-0.15, -0.1) is 0 Å². The van der Waals surface area contributed by atoms with E-state index in [2.05, 4.69) is 5.32 Å². The van der Waals surface area contributed by atoms with Crippen LogP contribution in [0.3, 0.4) is 0 Å². The fraction of sp³-hybridized carbons (Fsp3) is 0.591. The molecule has 4 rings (SSSR count). The summed E-state index contributed by atoms with van der Waals surface area (Å²) in [6.45, 7) is 4.46. The van der Waals surface area contributed by atoms with Gasteiger partial charge >= 0.3 is 0 Å². The molecule has 1 unspecified atom stereocenters. The molecular weight excluding hydrogens is 418 g/mol. The third-order valence-electron chi connectivity index (χ3n) is 6.05. The van der Waals surface area contributed by atoms with Crippen LogP contribution in [0.2, 0.25) is 0 Å². The monoisotopic (exact) mass is 447 g/mol. The first-order chi connectivity index (χ1) is 15.5. The Morgan fingerprint density at radius 3 is 2.50 bits per heavy atom. The standard InChI is InChI=1S/C22H29N3O7/c1-14(26)15-10-19-20(32-13-31-19)11-16(15)23-21(27)17(12-29-2)24-5-7-25(8-6-24)22(28)18-4-3-9-30-18/h10-11,17-18H,3-9,12-13H2,1-2H3,(H,23,27)/t17?,18-/m1/s1. The highest BCUT2D eigenvalue weighted by molar-refractivity contribution is 6.05. The van der Waals surface area contributed by atoms with Crippen molar-refractivity contribution in [3.8, 4) is 11.5 Å². The molecular formula is C22H29N3O7. The van der Waals surface area contributed by atoms with Crippen molar-refractivity contribution in [2.24, 2.45) is 0 Å². The molecule has 1 N–H and O–H groups in total. The van der Waals surface area contributed by atoms with Gasteiger partial charge in [-0.05, 0) is 25.8 Å². The molecule has 174 valence electrons. The second-order valence-electron chi connectivity index (χ2n) is 8.13. The van der Waals surface area contributed by atoms with Crippen LogP contribution >= 0.6 is 0 Å². The van der Waals surface area contributed by atoms with Crippen molar-refractivity contribution in [3.05, 3.63) is 17.7 Å². The molecule has 0 radical (unpaired) electrons. The van der Waals surface area contributed by atoms with E-state index >= 15 is 0 Å². The van der Waals surface area contributed by atoms with E-state index in [4.69, 9.17) is 18.9 Å². The fourth-order valence-corrected chi connectivity index (χ4v) is 4.29. The Morgan fingerprint density at radius 1 is 1.16 bits per heavy atom. The summed E-state index contributed by atoms with van der Waals surface area (Å²) in [5, 5.41) is 2.86. The van der Waals surface area contributed by atoms with E-state index in [0.717, 1.165) is 12.8 Å². The van der Waals surface area contributed by atoms with Gasteiger partial charge in [0.25, 0.3) is 5.91 Å². The minimum Gasteiger partial charge on any atom is -0.454 e. The number of rotatable bonds is 7. The minimum absolute atomic E-state index is 0.0290. The molecule has 3 aliphatic heterocycles. The van der Waals surface area contributed by atoms with E-state index in [9.17, 15) is 14.4 Å². The smallest absolute Gasteiger partial charge is 0.251 e. The van der Waals surface area contributed by atoms with Crippen LogP contribution in [-0.4, -0.2) is 92.8 Å². The Kier molecular flexibility index (Phi) is 6.92. The quantitative estimate of drug-likeness (QED) is 0.615. The van der Waals surface area contributed by atoms with Gasteiger partial charge in [0.1, 0.15) is 12.1 Å². The Labute approximate surface area is 186 Å². The Morgan fingerprint density at radius 2 is 1.88 bits per heavy atom. The highest BCUT2D eigenvalue weighted by atomic mass is 16.7. The van der Waals surface area contributed by atoms with Crippen LogP contribution in [0, 0.1) is 0 Å². The molecule has 2 amide bonds. The number of carbonyl (C=O) groups excluding carboxylic acids is 3. The van der Waals surface area contributed by atoms with Crippen molar-refractivity contribution >= 4 is 23.3 Å². The number of amides is 2. The maximum Gasteiger partial charge on any atom is 0.251 e. The summed E-state index contributed by atoms with van der Waals surface area (Å²) in [5.41, 5.74) is 0.728. The number of hydrogen-bond acceptors (Lipinski definition) is 8. The van der Waals surface area contributed by atoms with E-state index in [1.54, 1.807) is 24.1 Å². The summed E-state index contributed by atoms with van der Waals surface area (Å²) in [6, 6.07) is 2.63. The van der Waals surface area contributed by atoms with Crippen LogP contribution in [0.1, 0.15) is 30.1 Å². The van der Waals surface area contributed by atoms with Gasteiger partial charge in [0.05, 0.1) is 12.3 Å². The van der Waals surface area contributed by atoms with Gasteiger partial charge in [0, 0.05) is 51.5 Å². The molecule has 2 fully saturated rings. The largest absolute Gasteiger partial charge is 0.454 e. The number of nitrogens with zero attached hydrogens (tertiary/aromatic N) is 2. The van der Waals surface area contributed by atoms with Crippen LogP contribution in [0.5, 0.6) is 11.5 Å². The first-order valence-corrected chi connectivity index (χ1v) is 10.9. The van der Waals surface area contributed by atoms with Gasteiger partial charge in [-0.3, -0.25) is 19.3 Å². The molecule has 32 heavy (non-hydrogen) atoms. The van der Waals surface area contributed by atoms with E-state index in [1.807, 2.05) is 4.90 Å². The number of methoxy groups -OCH3 is 1. The maximum absolute atomic E-state index is 13.2. The molecule has 0 bridgehead atoms. The molecule has 10 heteroatoms. The van der Waals surface area contributed by atoms with Crippen LogP contribution in [0.25, 0.3) is 0 Å². The van der Waals surface area contributed by atoms with Gasteiger partial charge in [-0.25, -0.2) is 0 Å². The number of Topliss-reactive ketones (excluding diaryl/α,β-unsaturated/α-hetero) is 1. The van der Waals surface area contributed by atoms with Gasteiger partial charge in [0.15, 0.2) is 17.3 Å². The number of fused-ring (bicyclic) bond motifs is 1. The summed E-state index contributed by atoms with van der Waals surface area (Å²) in [7, 11) is 1.54. The van der Waals surface area contributed by atoms with Crippen molar-refractivity contribution in [3.63, 3.8) is 0 Å². The fourth-order valence-electron chi connectivity index (χ4n) is 4.29. The number of anilines is 1. The number of nitrogens with one attached hydrogen (secondary N) is 1. The first-order valence-electron chi connectivity index (χ1n) is 10.9. The van der Waals surface area contributed by atoms with Gasteiger partial charge in [-0.1, -0.05) is 0 Å². The molecule has 3 heterocycles. The molecule has 3 aliphatic rings. The zero-order valence-electron chi connectivity index (χ0n) is 18.4. The molecule has 2 atom stereocenters. The average Bonchev–Trinajstić information content (AvgIpc) is 3.48. The summed E-state index contributed by atoms with van der Waals surface area (Å²) in [4.78, 5) is 41.7. The lowest BCUT2D eigenvalue weighted by molar-refractivity contribution is -0.143. The summed E-state index contributed by atoms with van der Waals surface area (Å²) in [6.07, 6.45) is 1.34. The molecule has 10 nitrogen and oxygen atoms in total. The second kappa shape index (κ2) is 9.85. The van der Waals surface area contributed by atoms with Crippen molar-refractivity contribution < 1.29 is 33.3 Å². The maximum atomic E-state index is 13.2. The normalized spacial score (nSPS) is 21.4. The van der Waals surface area contributed by atoms with E-state index in [1.165, 1.54) is 6.92 Å². The molecule has 0 aromatic heterocycles. The van der Waals surface area contributed by atoms with Crippen LogP contribution in [-0.2, 0) is 19.1 Å². The molecule has 0 spiro atoms. The lowest BCUT2D eigenvalue weighted by Gasteiger charge is -2.39. The molecule has 2 saturated heterocycles. The van der Waals surface area contributed by atoms with Crippen molar-refractivity contribution in [1.82, 2.24) is 9.80 Å². The summed E-state index contributed by atoms with van der Waals surface area (Å²) < 4.78 is 21.5. The predicted octanol–water partition coefficient (Wildman–Crippen LogP) is 0.895. The van der Waals surface area contributed by atoms with Crippen molar-refractivity contribution in [1.29, 1.82) is 0 Å². The third kappa shape index (κ3) is 4.72. The lowest BCUT2D eigenvalue weighted by Crippen LogP contribution is -2.57. The number of benzene rings is 1. The highest BCUT2D eigenvalue weighted by Gasteiger charge is 2.34. The zero-order valence-corrected chi connectivity index (χ0v) is 18.4.